The van der Waals surface area contributed by atoms with Gasteiger partial charge in [-0.3, -0.25) is 0 Å². The molecule has 0 aliphatic carbocycles. The molecule has 0 aliphatic rings. The number of nitrogens with one attached hydrogen (secondary N) is 1. The Morgan fingerprint density at radius 3 is 3.05 bits per heavy atom. The summed E-state index contributed by atoms with van der Waals surface area (Å²) in [6, 6.07) is 0. The fourth-order valence-corrected chi connectivity index (χ4v) is 2.74. The predicted molar refractivity (Wildman–Crippen MR) is 76.6 cm³/mol. The van der Waals surface area contributed by atoms with Gasteiger partial charge in [0.15, 0.2) is 5.13 Å². The fraction of sp³-hybridized carbons (Fsp3) is 0.400. The maximum atomic E-state index is 10.7. The Hall–Kier alpha value is -1.48. The van der Waals surface area contributed by atoms with Gasteiger partial charge in [-0.2, -0.15) is 4.68 Å². The number of hydrogen-bond donors (Lipinski definition) is 1. The number of nitro groups is 1. The van der Waals surface area contributed by atoms with Crippen LogP contribution < -0.4 is 5.32 Å². The molecule has 0 unspecified atom stereocenters. The molecule has 2 rings (SSSR count). The lowest BCUT2D eigenvalue weighted by molar-refractivity contribution is -0.390. The fourth-order valence-electron chi connectivity index (χ4n) is 1.45. The molecule has 0 aromatic carbocycles. The molecule has 2 aromatic heterocycles. The summed E-state index contributed by atoms with van der Waals surface area (Å²) >= 11 is 4.64. The van der Waals surface area contributed by atoms with E-state index in [1.54, 1.807) is 12.4 Å². The van der Waals surface area contributed by atoms with E-state index in [1.807, 2.05) is 0 Å². The van der Waals surface area contributed by atoms with Crippen LogP contribution in [0.25, 0.3) is 0 Å². The minimum Gasteiger partial charge on any atom is -0.362 e. The molecule has 19 heavy (non-hydrogen) atoms. The van der Waals surface area contributed by atoms with Crippen molar-refractivity contribution in [1.82, 2.24) is 14.8 Å². The maximum absolute atomic E-state index is 10.7. The smallest absolute Gasteiger partial charge is 0.362 e. The van der Waals surface area contributed by atoms with Crippen LogP contribution in [0.4, 0.5) is 10.9 Å². The van der Waals surface area contributed by atoms with E-state index in [9.17, 15) is 10.1 Å². The quantitative estimate of drug-likeness (QED) is 0.642. The summed E-state index contributed by atoms with van der Waals surface area (Å²) < 4.78 is 1.91. The number of aromatic nitrogens is 3. The van der Waals surface area contributed by atoms with Gasteiger partial charge in [-0.05, 0) is 27.3 Å². The lowest BCUT2D eigenvalue weighted by Gasteiger charge is -1.96. The third-order valence-corrected chi connectivity index (χ3v) is 3.77. The molecule has 0 atom stereocenters. The van der Waals surface area contributed by atoms with E-state index in [4.69, 9.17) is 0 Å². The molecule has 0 fully saturated rings. The molecule has 0 bridgehead atoms. The lowest BCUT2D eigenvalue weighted by atomic mass is 10.5. The van der Waals surface area contributed by atoms with Gasteiger partial charge in [0, 0.05) is 12.7 Å². The Morgan fingerprint density at radius 2 is 2.42 bits per heavy atom. The summed E-state index contributed by atoms with van der Waals surface area (Å²) in [6.07, 6.45) is 4.38. The first-order chi connectivity index (χ1) is 9.10. The van der Waals surface area contributed by atoms with Gasteiger partial charge in [-0.25, -0.2) is 4.98 Å². The summed E-state index contributed by atoms with van der Waals surface area (Å²) in [7, 11) is 0. The van der Waals surface area contributed by atoms with Crippen molar-refractivity contribution < 1.29 is 4.92 Å². The van der Waals surface area contributed by atoms with Crippen molar-refractivity contribution in [3.63, 3.8) is 0 Å². The summed E-state index contributed by atoms with van der Waals surface area (Å²) in [4.78, 5) is 15.4. The highest BCUT2D eigenvalue weighted by Gasteiger charge is 2.19. The van der Waals surface area contributed by atoms with Crippen LogP contribution in [0, 0.1) is 10.1 Å². The molecule has 0 spiro atoms. The summed E-state index contributed by atoms with van der Waals surface area (Å²) in [5, 5.41) is 18.6. The van der Waals surface area contributed by atoms with E-state index in [0.717, 1.165) is 23.0 Å². The van der Waals surface area contributed by atoms with Crippen molar-refractivity contribution in [1.29, 1.82) is 0 Å². The van der Waals surface area contributed by atoms with E-state index in [0.29, 0.717) is 11.0 Å². The third kappa shape index (κ3) is 3.51. The molecule has 0 saturated carbocycles. The third-order valence-electron chi connectivity index (χ3n) is 2.27. The van der Waals surface area contributed by atoms with Crippen LogP contribution in [0.3, 0.4) is 0 Å². The van der Waals surface area contributed by atoms with Crippen LogP contribution in [-0.4, -0.2) is 26.2 Å². The Labute approximate surface area is 121 Å². The normalized spacial score (nSPS) is 10.6. The molecular weight excluding hydrogens is 334 g/mol. The summed E-state index contributed by atoms with van der Waals surface area (Å²) in [5.41, 5.74) is 0. The molecule has 102 valence electrons. The van der Waals surface area contributed by atoms with Crippen molar-refractivity contribution in [3.05, 3.63) is 31.9 Å². The molecule has 0 amide bonds. The van der Waals surface area contributed by atoms with Crippen LogP contribution in [0.15, 0.2) is 16.9 Å². The minimum atomic E-state index is -0.512. The van der Waals surface area contributed by atoms with E-state index in [1.165, 1.54) is 16.0 Å². The zero-order chi connectivity index (χ0) is 13.8. The van der Waals surface area contributed by atoms with Crippen molar-refractivity contribution in [3.8, 4) is 0 Å². The van der Waals surface area contributed by atoms with Crippen molar-refractivity contribution in [2.24, 2.45) is 0 Å². The zero-order valence-electron chi connectivity index (χ0n) is 10.2. The Bertz CT molecular complexity index is 582. The molecular formula is C10H12BrN5O2S. The van der Waals surface area contributed by atoms with Crippen LogP contribution in [0.2, 0.25) is 0 Å². The lowest BCUT2D eigenvalue weighted by Crippen LogP contribution is -1.99. The van der Waals surface area contributed by atoms with Gasteiger partial charge in [0.05, 0.1) is 22.7 Å². The second kappa shape index (κ2) is 6.11. The summed E-state index contributed by atoms with van der Waals surface area (Å²) in [6.45, 7) is 3.44. The van der Waals surface area contributed by atoms with Gasteiger partial charge in [0.2, 0.25) is 0 Å². The number of halogens is 1. The first-order valence-corrected chi connectivity index (χ1v) is 7.27. The second-order valence-electron chi connectivity index (χ2n) is 3.81. The topological polar surface area (TPSA) is 85.9 Å². The van der Waals surface area contributed by atoms with E-state index >= 15 is 0 Å². The van der Waals surface area contributed by atoms with Gasteiger partial charge >= 0.3 is 5.82 Å². The molecule has 2 aromatic rings. The van der Waals surface area contributed by atoms with Crippen LogP contribution in [-0.2, 0) is 6.54 Å². The highest BCUT2D eigenvalue weighted by molar-refractivity contribution is 9.10. The van der Waals surface area contributed by atoms with E-state index < -0.39 is 4.92 Å². The molecule has 2 heterocycles. The molecule has 1 N–H and O–H groups in total. The number of hydrogen-bond acceptors (Lipinski definition) is 6. The van der Waals surface area contributed by atoms with Crippen LogP contribution >= 0.6 is 27.3 Å². The van der Waals surface area contributed by atoms with Gasteiger partial charge in [-0.15, -0.1) is 11.3 Å². The summed E-state index contributed by atoms with van der Waals surface area (Å²) in [5.74, 6) is -0.172. The van der Waals surface area contributed by atoms with Crippen LogP contribution in [0.5, 0.6) is 0 Å². The number of nitrogens with zero attached hydrogens (tertiary/aromatic N) is 4. The van der Waals surface area contributed by atoms with Crippen LogP contribution in [0.1, 0.15) is 18.2 Å². The Balaban J connectivity index is 2.06. The van der Waals surface area contributed by atoms with E-state index in [2.05, 4.69) is 38.3 Å². The molecule has 0 saturated heterocycles. The molecule has 0 aliphatic heterocycles. The molecule has 0 radical (unpaired) electrons. The minimum absolute atomic E-state index is 0.172. The maximum Gasteiger partial charge on any atom is 0.404 e. The average molecular weight is 346 g/mol. The van der Waals surface area contributed by atoms with Gasteiger partial charge in [-0.1, -0.05) is 6.92 Å². The first-order valence-electron chi connectivity index (χ1n) is 5.66. The largest absolute Gasteiger partial charge is 0.404 e. The van der Waals surface area contributed by atoms with E-state index in [-0.39, 0.29) is 5.82 Å². The van der Waals surface area contributed by atoms with Crippen molar-refractivity contribution in [2.75, 3.05) is 11.9 Å². The molecule has 9 heteroatoms. The van der Waals surface area contributed by atoms with Crippen molar-refractivity contribution in [2.45, 2.75) is 19.9 Å². The predicted octanol–water partition coefficient (Wildman–Crippen LogP) is 2.88. The first kappa shape index (κ1) is 13.9. The Morgan fingerprint density at radius 1 is 1.63 bits per heavy atom. The monoisotopic (exact) mass is 345 g/mol. The number of rotatable bonds is 6. The molecule has 7 nitrogen and oxygen atoms in total. The number of anilines is 1. The zero-order valence-corrected chi connectivity index (χ0v) is 12.6. The SMILES string of the molecule is CCCNc1ncc(Cn2cc(Br)c([N+](=O)[O-])n2)s1. The number of thiazole rings is 1. The van der Waals surface area contributed by atoms with Gasteiger partial charge in [0.1, 0.15) is 4.47 Å². The van der Waals surface area contributed by atoms with Gasteiger partial charge in [0.25, 0.3) is 0 Å². The standard InChI is InChI=1S/C10H12BrN5O2S/c1-2-3-12-10-13-4-7(19-10)5-15-6-8(11)9(14-15)16(17)18/h4,6H,2-3,5H2,1H3,(H,12,13). The highest BCUT2D eigenvalue weighted by Crippen LogP contribution is 2.24. The Kier molecular flexibility index (Phi) is 4.48. The average Bonchev–Trinajstić information content (AvgIpc) is 2.94. The van der Waals surface area contributed by atoms with Gasteiger partial charge < -0.3 is 15.4 Å². The van der Waals surface area contributed by atoms with Crippen molar-refractivity contribution >= 4 is 38.2 Å². The second-order valence-corrected chi connectivity index (χ2v) is 5.78. The highest BCUT2D eigenvalue weighted by atomic mass is 79.9.